The van der Waals surface area contributed by atoms with E-state index in [2.05, 4.69) is 32.0 Å². The minimum Gasteiger partial charge on any atom is -0.290 e. The van der Waals surface area contributed by atoms with E-state index < -0.39 is 0 Å². The number of hydrogen-bond donors (Lipinski definition) is 0. The van der Waals surface area contributed by atoms with E-state index in [0.717, 1.165) is 11.3 Å². The largest absolute Gasteiger partial charge is 0.290 e. The second-order valence-electron chi connectivity index (χ2n) is 5.95. The van der Waals surface area contributed by atoms with E-state index in [1.807, 2.05) is 30.8 Å². The maximum absolute atomic E-state index is 11.5. The number of thioether (sulfide) groups is 1. The number of unbranched alkanes of at least 4 members (excludes halogenated alkanes) is 2. The van der Waals surface area contributed by atoms with Crippen molar-refractivity contribution in [3.05, 3.63) is 58.7 Å². The van der Waals surface area contributed by atoms with Gasteiger partial charge in [-0.05, 0) is 61.6 Å². The van der Waals surface area contributed by atoms with Gasteiger partial charge in [0, 0.05) is 10.6 Å². The average Bonchev–Trinajstić information content (AvgIpc) is 2.50. The van der Waals surface area contributed by atoms with Crippen LogP contribution in [0.2, 0.25) is 0 Å². The molecule has 2 aromatic rings. The van der Waals surface area contributed by atoms with Crippen LogP contribution >= 0.6 is 11.8 Å². The first kappa shape index (κ1) is 17.0. The van der Waals surface area contributed by atoms with Crippen molar-refractivity contribution in [3.63, 3.8) is 0 Å². The van der Waals surface area contributed by atoms with Gasteiger partial charge in [-0.1, -0.05) is 43.5 Å². The van der Waals surface area contributed by atoms with Crippen molar-refractivity contribution >= 4 is 11.8 Å². The van der Waals surface area contributed by atoms with E-state index in [9.17, 15) is 5.11 Å². The van der Waals surface area contributed by atoms with Gasteiger partial charge in [0.25, 0.3) is 0 Å². The average molecular weight is 313 g/mol. The second kappa shape index (κ2) is 8.28. The summed E-state index contributed by atoms with van der Waals surface area (Å²) in [5.41, 5.74) is 5.06. The standard InChI is InChI=1S/C20H25OS/c1-4-5-6-7-17-9-8-15(2)12-18(17)14-22-19-10-11-20(21)16(3)13-19/h8-13H,4-7,14H2,1-3H3. The molecule has 0 spiro atoms. The van der Waals surface area contributed by atoms with Crippen LogP contribution in [-0.4, -0.2) is 0 Å². The van der Waals surface area contributed by atoms with Crippen molar-refractivity contribution in [2.75, 3.05) is 0 Å². The van der Waals surface area contributed by atoms with Gasteiger partial charge in [0.05, 0.1) is 0 Å². The second-order valence-corrected chi connectivity index (χ2v) is 6.99. The van der Waals surface area contributed by atoms with Gasteiger partial charge in [-0.3, -0.25) is 5.11 Å². The van der Waals surface area contributed by atoms with Gasteiger partial charge in [-0.25, -0.2) is 0 Å². The Kier molecular flexibility index (Phi) is 6.38. The number of rotatable bonds is 7. The summed E-state index contributed by atoms with van der Waals surface area (Å²) in [4.78, 5) is 1.18. The first-order valence-corrected chi connectivity index (χ1v) is 9.07. The molecule has 0 saturated heterocycles. The van der Waals surface area contributed by atoms with Crippen LogP contribution in [-0.2, 0) is 17.3 Å². The topological polar surface area (TPSA) is 19.9 Å². The lowest BCUT2D eigenvalue weighted by molar-refractivity contribution is 0.351. The number of hydrogen-bond acceptors (Lipinski definition) is 1. The molecule has 0 fully saturated rings. The molecule has 0 atom stereocenters. The smallest absolute Gasteiger partial charge is 0.181 e. The summed E-state index contributed by atoms with van der Waals surface area (Å²) >= 11 is 1.82. The summed E-state index contributed by atoms with van der Waals surface area (Å²) in [5, 5.41) is 11.5. The summed E-state index contributed by atoms with van der Waals surface area (Å²) < 4.78 is 0. The van der Waals surface area contributed by atoms with Crippen molar-refractivity contribution in [3.8, 4) is 5.75 Å². The monoisotopic (exact) mass is 313 g/mol. The fourth-order valence-electron chi connectivity index (χ4n) is 2.57. The van der Waals surface area contributed by atoms with Crippen LogP contribution in [0.5, 0.6) is 5.75 Å². The molecule has 0 amide bonds. The minimum atomic E-state index is 0.125. The molecule has 1 radical (unpaired) electrons. The quantitative estimate of drug-likeness (QED) is 0.423. The fraction of sp³-hybridized carbons (Fsp3) is 0.400. The summed E-state index contributed by atoms with van der Waals surface area (Å²) in [6.45, 7) is 6.28. The summed E-state index contributed by atoms with van der Waals surface area (Å²) in [6, 6.07) is 12.4. The third-order valence-electron chi connectivity index (χ3n) is 3.95. The lowest BCUT2D eigenvalue weighted by atomic mass is 10.0. The van der Waals surface area contributed by atoms with Crippen LogP contribution in [0.25, 0.3) is 0 Å². The SMILES string of the molecule is CCCCCc1ccc(C)cc1CSc1ccc([O])c(C)c1. The Morgan fingerprint density at radius 3 is 2.50 bits per heavy atom. The first-order valence-electron chi connectivity index (χ1n) is 8.09. The van der Waals surface area contributed by atoms with E-state index in [4.69, 9.17) is 0 Å². The maximum Gasteiger partial charge on any atom is 0.181 e. The molecule has 0 aliphatic rings. The fourth-order valence-corrected chi connectivity index (χ4v) is 3.59. The van der Waals surface area contributed by atoms with Crippen LogP contribution in [0.3, 0.4) is 0 Å². The van der Waals surface area contributed by atoms with Gasteiger partial charge in [-0.2, -0.15) is 0 Å². The molecule has 0 aliphatic heterocycles. The zero-order chi connectivity index (χ0) is 15.9. The van der Waals surface area contributed by atoms with E-state index in [1.165, 1.54) is 47.3 Å². The summed E-state index contributed by atoms with van der Waals surface area (Å²) in [7, 11) is 0. The molecule has 2 aromatic carbocycles. The third kappa shape index (κ3) is 4.81. The predicted molar refractivity (Wildman–Crippen MR) is 95.3 cm³/mol. The molecule has 0 unspecified atom stereocenters. The maximum atomic E-state index is 11.5. The van der Waals surface area contributed by atoms with Crippen molar-refractivity contribution in [2.45, 2.75) is 57.1 Å². The van der Waals surface area contributed by atoms with Crippen LogP contribution in [0, 0.1) is 13.8 Å². The third-order valence-corrected chi connectivity index (χ3v) is 4.99. The van der Waals surface area contributed by atoms with Crippen LogP contribution in [0.1, 0.15) is 48.4 Å². The van der Waals surface area contributed by atoms with E-state index in [-0.39, 0.29) is 5.75 Å². The molecule has 22 heavy (non-hydrogen) atoms. The van der Waals surface area contributed by atoms with Gasteiger partial charge < -0.3 is 0 Å². The van der Waals surface area contributed by atoms with Crippen LogP contribution in [0.15, 0.2) is 41.3 Å². The highest BCUT2D eigenvalue weighted by atomic mass is 32.2. The van der Waals surface area contributed by atoms with Crippen molar-refractivity contribution in [1.29, 1.82) is 0 Å². The van der Waals surface area contributed by atoms with Crippen molar-refractivity contribution in [1.82, 2.24) is 0 Å². The molecule has 2 rings (SSSR count). The lowest BCUT2D eigenvalue weighted by Gasteiger charge is -2.11. The molecular weight excluding hydrogens is 288 g/mol. The number of aryl methyl sites for hydroxylation is 3. The Labute approximate surface area is 138 Å². The van der Waals surface area contributed by atoms with Crippen LogP contribution in [0.4, 0.5) is 0 Å². The molecule has 117 valence electrons. The molecule has 0 aliphatic carbocycles. The highest BCUT2D eigenvalue weighted by Gasteiger charge is 2.06. The van der Waals surface area contributed by atoms with Gasteiger partial charge in [0.1, 0.15) is 0 Å². The van der Waals surface area contributed by atoms with E-state index in [0.29, 0.717) is 0 Å². The normalized spacial score (nSPS) is 10.9. The predicted octanol–water partition coefficient (Wildman–Crippen LogP) is 6.47. The highest BCUT2D eigenvalue weighted by Crippen LogP contribution is 2.29. The minimum absolute atomic E-state index is 0.125. The molecule has 0 bridgehead atoms. The number of benzene rings is 2. The molecular formula is C20H25OS. The van der Waals surface area contributed by atoms with Gasteiger partial charge in [-0.15, -0.1) is 11.8 Å². The van der Waals surface area contributed by atoms with Gasteiger partial charge >= 0.3 is 0 Å². The van der Waals surface area contributed by atoms with Crippen LogP contribution < -0.4 is 0 Å². The Bertz CT molecular complexity index is 619. The molecule has 0 saturated carbocycles. The van der Waals surface area contributed by atoms with Crippen molar-refractivity contribution < 1.29 is 5.11 Å². The lowest BCUT2D eigenvalue weighted by Crippen LogP contribution is -1.94. The van der Waals surface area contributed by atoms with Crippen molar-refractivity contribution in [2.24, 2.45) is 0 Å². The van der Waals surface area contributed by atoms with Gasteiger partial charge in [0.15, 0.2) is 5.75 Å². The van der Waals surface area contributed by atoms with E-state index in [1.54, 1.807) is 6.07 Å². The Balaban J connectivity index is 2.07. The Morgan fingerprint density at radius 2 is 1.77 bits per heavy atom. The Morgan fingerprint density at radius 1 is 0.955 bits per heavy atom. The Hall–Kier alpha value is -1.41. The van der Waals surface area contributed by atoms with E-state index >= 15 is 0 Å². The molecule has 0 N–H and O–H groups in total. The summed E-state index contributed by atoms with van der Waals surface area (Å²) in [5.74, 6) is 1.10. The molecule has 2 heteroatoms. The summed E-state index contributed by atoms with van der Waals surface area (Å²) in [6.07, 6.45) is 4.99. The molecule has 1 nitrogen and oxygen atoms in total. The highest BCUT2D eigenvalue weighted by molar-refractivity contribution is 7.98. The molecule has 0 aromatic heterocycles. The first-order chi connectivity index (χ1) is 10.6. The zero-order valence-electron chi connectivity index (χ0n) is 13.8. The zero-order valence-corrected chi connectivity index (χ0v) is 14.6. The van der Waals surface area contributed by atoms with Gasteiger partial charge in [0.2, 0.25) is 0 Å². The molecule has 0 heterocycles.